The lowest BCUT2D eigenvalue weighted by atomic mass is 10.2. The Labute approximate surface area is 147 Å². The molecule has 0 unspecified atom stereocenters. The van der Waals surface area contributed by atoms with Gasteiger partial charge in [0, 0.05) is 25.2 Å². The lowest BCUT2D eigenvalue weighted by molar-refractivity contribution is 0.141. The molecule has 0 fully saturated rings. The van der Waals surface area contributed by atoms with E-state index in [0.717, 1.165) is 28.2 Å². The van der Waals surface area contributed by atoms with Gasteiger partial charge in [-0.1, -0.05) is 12.1 Å². The van der Waals surface area contributed by atoms with Crippen LogP contribution in [0.2, 0.25) is 0 Å². The Morgan fingerprint density at radius 1 is 0.920 bits per heavy atom. The molecule has 0 N–H and O–H groups in total. The summed E-state index contributed by atoms with van der Waals surface area (Å²) in [6.07, 6.45) is 0. The number of methoxy groups -OCH3 is 2. The molecule has 0 aliphatic carbocycles. The van der Waals surface area contributed by atoms with Crippen molar-refractivity contribution in [2.45, 2.75) is 0 Å². The summed E-state index contributed by atoms with van der Waals surface area (Å²) in [7, 11) is 5.25. The highest BCUT2D eigenvalue weighted by Gasteiger charge is 2.14. The van der Waals surface area contributed by atoms with Crippen molar-refractivity contribution < 1.29 is 14.2 Å². The number of benzene rings is 2. The molecule has 0 aliphatic heterocycles. The summed E-state index contributed by atoms with van der Waals surface area (Å²) in [5, 5.41) is 0.958. The van der Waals surface area contributed by atoms with E-state index in [2.05, 4.69) is 9.97 Å². The second-order valence-corrected chi connectivity index (χ2v) is 5.45. The fourth-order valence-electron chi connectivity index (χ4n) is 2.50. The fourth-order valence-corrected chi connectivity index (χ4v) is 2.50. The van der Waals surface area contributed by atoms with Crippen molar-refractivity contribution in [3.8, 4) is 11.8 Å². The van der Waals surface area contributed by atoms with Gasteiger partial charge in [0.15, 0.2) is 0 Å². The van der Waals surface area contributed by atoms with Crippen molar-refractivity contribution >= 4 is 22.4 Å². The summed E-state index contributed by atoms with van der Waals surface area (Å²) in [6, 6.07) is 16.0. The van der Waals surface area contributed by atoms with Gasteiger partial charge in [0.2, 0.25) is 0 Å². The van der Waals surface area contributed by atoms with Gasteiger partial charge < -0.3 is 19.1 Å². The number of hydrogen-bond donors (Lipinski definition) is 0. The summed E-state index contributed by atoms with van der Waals surface area (Å²) in [4.78, 5) is 11.1. The molecule has 0 saturated heterocycles. The number of anilines is 2. The highest BCUT2D eigenvalue weighted by molar-refractivity contribution is 5.91. The quantitative estimate of drug-likeness (QED) is 0.615. The van der Waals surface area contributed by atoms with Crippen LogP contribution in [-0.2, 0) is 4.74 Å². The Morgan fingerprint density at radius 2 is 1.68 bits per heavy atom. The summed E-state index contributed by atoms with van der Waals surface area (Å²) in [5.41, 5.74) is 1.83. The zero-order valence-corrected chi connectivity index (χ0v) is 14.6. The topological polar surface area (TPSA) is 56.7 Å². The molecule has 3 aromatic rings. The fraction of sp³-hybridized carbons (Fsp3) is 0.263. The molecule has 0 bridgehead atoms. The van der Waals surface area contributed by atoms with Crippen LogP contribution in [0.25, 0.3) is 10.9 Å². The van der Waals surface area contributed by atoms with Gasteiger partial charge in [-0.05, 0) is 36.4 Å². The van der Waals surface area contributed by atoms with Gasteiger partial charge >= 0.3 is 6.01 Å². The van der Waals surface area contributed by atoms with Gasteiger partial charge in [0.1, 0.15) is 18.2 Å². The van der Waals surface area contributed by atoms with Crippen LogP contribution >= 0.6 is 0 Å². The third-order valence-electron chi connectivity index (χ3n) is 3.86. The highest BCUT2D eigenvalue weighted by Crippen LogP contribution is 2.31. The highest BCUT2D eigenvalue weighted by atomic mass is 16.5. The van der Waals surface area contributed by atoms with Crippen molar-refractivity contribution in [3.63, 3.8) is 0 Å². The van der Waals surface area contributed by atoms with E-state index in [0.29, 0.717) is 19.2 Å². The van der Waals surface area contributed by atoms with Crippen LogP contribution < -0.4 is 14.4 Å². The van der Waals surface area contributed by atoms with E-state index in [-0.39, 0.29) is 0 Å². The van der Waals surface area contributed by atoms with E-state index >= 15 is 0 Å². The SMILES string of the molecule is COCCOc1nc(N(C)c2ccc(OC)cc2)c2ccccc2n1. The third kappa shape index (κ3) is 3.80. The van der Waals surface area contributed by atoms with Gasteiger partial charge in [0.25, 0.3) is 0 Å². The van der Waals surface area contributed by atoms with Crippen LogP contribution in [0.4, 0.5) is 11.5 Å². The number of fused-ring (bicyclic) bond motifs is 1. The second-order valence-electron chi connectivity index (χ2n) is 5.45. The van der Waals surface area contributed by atoms with Crippen molar-refractivity contribution in [1.82, 2.24) is 9.97 Å². The minimum Gasteiger partial charge on any atom is -0.497 e. The van der Waals surface area contributed by atoms with E-state index in [4.69, 9.17) is 14.2 Å². The first-order chi connectivity index (χ1) is 12.2. The number of hydrogen-bond acceptors (Lipinski definition) is 6. The predicted octanol–water partition coefficient (Wildman–Crippen LogP) is 3.43. The minimum atomic E-state index is 0.339. The Morgan fingerprint density at radius 3 is 2.40 bits per heavy atom. The van der Waals surface area contributed by atoms with E-state index in [1.54, 1.807) is 14.2 Å². The molecule has 0 radical (unpaired) electrons. The Balaban J connectivity index is 1.99. The van der Waals surface area contributed by atoms with Crippen molar-refractivity contribution in [3.05, 3.63) is 48.5 Å². The summed E-state index contributed by atoms with van der Waals surface area (Å²) < 4.78 is 15.9. The van der Waals surface area contributed by atoms with Gasteiger partial charge in [-0.15, -0.1) is 0 Å². The molecule has 2 aromatic carbocycles. The largest absolute Gasteiger partial charge is 0.497 e. The molecule has 3 rings (SSSR count). The first-order valence-electron chi connectivity index (χ1n) is 7.99. The van der Waals surface area contributed by atoms with Crippen molar-refractivity contribution in [1.29, 1.82) is 0 Å². The lowest BCUT2D eigenvalue weighted by Gasteiger charge is -2.21. The molecule has 1 aromatic heterocycles. The molecule has 130 valence electrons. The number of aromatic nitrogens is 2. The Hall–Kier alpha value is -2.86. The number of nitrogens with zero attached hydrogens (tertiary/aromatic N) is 3. The van der Waals surface area contributed by atoms with E-state index in [9.17, 15) is 0 Å². The van der Waals surface area contributed by atoms with Crippen LogP contribution in [0.1, 0.15) is 0 Å². The maximum absolute atomic E-state index is 5.62. The van der Waals surface area contributed by atoms with Crippen LogP contribution in [0.3, 0.4) is 0 Å². The van der Waals surface area contributed by atoms with Crippen molar-refractivity contribution in [2.24, 2.45) is 0 Å². The Bertz CT molecular complexity index is 837. The predicted molar refractivity (Wildman–Crippen MR) is 98.0 cm³/mol. The first kappa shape index (κ1) is 17.0. The average molecular weight is 339 g/mol. The van der Waals surface area contributed by atoms with Crippen molar-refractivity contribution in [2.75, 3.05) is 39.4 Å². The lowest BCUT2D eigenvalue weighted by Crippen LogP contribution is -2.14. The van der Waals surface area contributed by atoms with Crippen LogP contribution in [0.15, 0.2) is 48.5 Å². The van der Waals surface area contributed by atoms with E-state index in [1.165, 1.54) is 0 Å². The smallest absolute Gasteiger partial charge is 0.319 e. The average Bonchev–Trinajstić information content (AvgIpc) is 2.67. The standard InChI is InChI=1S/C19H21N3O3/c1-22(14-8-10-15(24-3)11-9-14)18-16-6-4-5-7-17(16)20-19(21-18)25-13-12-23-2/h4-11H,12-13H2,1-3H3. The second kappa shape index (κ2) is 7.81. The summed E-state index contributed by atoms with van der Waals surface area (Å²) in [6.45, 7) is 0.889. The summed E-state index contributed by atoms with van der Waals surface area (Å²) in [5.74, 6) is 1.59. The van der Waals surface area contributed by atoms with Gasteiger partial charge in [0.05, 0.1) is 19.2 Å². The molecule has 0 amide bonds. The van der Waals surface area contributed by atoms with Gasteiger partial charge in [-0.2, -0.15) is 9.97 Å². The van der Waals surface area contributed by atoms with Gasteiger partial charge in [-0.3, -0.25) is 0 Å². The van der Waals surface area contributed by atoms with Crippen LogP contribution in [0.5, 0.6) is 11.8 Å². The van der Waals surface area contributed by atoms with Gasteiger partial charge in [-0.25, -0.2) is 0 Å². The molecular weight excluding hydrogens is 318 g/mol. The normalized spacial score (nSPS) is 10.7. The number of para-hydroxylation sites is 1. The molecule has 0 spiro atoms. The number of ether oxygens (including phenoxy) is 3. The molecule has 6 heteroatoms. The maximum atomic E-state index is 5.62. The summed E-state index contributed by atoms with van der Waals surface area (Å²) >= 11 is 0. The first-order valence-corrected chi connectivity index (χ1v) is 7.99. The maximum Gasteiger partial charge on any atom is 0.319 e. The molecule has 0 atom stereocenters. The van der Waals surface area contributed by atoms with Crippen LogP contribution in [-0.4, -0.2) is 44.4 Å². The molecule has 0 saturated carbocycles. The third-order valence-corrected chi connectivity index (χ3v) is 3.86. The molecule has 1 heterocycles. The monoisotopic (exact) mass is 339 g/mol. The molecule has 0 aliphatic rings. The van der Waals surface area contributed by atoms with E-state index in [1.807, 2.05) is 60.5 Å². The molecule has 25 heavy (non-hydrogen) atoms. The zero-order chi connectivity index (χ0) is 17.6. The molecule has 6 nitrogen and oxygen atoms in total. The zero-order valence-electron chi connectivity index (χ0n) is 14.6. The molecular formula is C19H21N3O3. The van der Waals surface area contributed by atoms with Crippen LogP contribution in [0, 0.1) is 0 Å². The number of rotatable bonds is 7. The minimum absolute atomic E-state index is 0.339. The van der Waals surface area contributed by atoms with E-state index < -0.39 is 0 Å². The Kier molecular flexibility index (Phi) is 5.30.